The normalized spacial score (nSPS) is 24.4. The quantitative estimate of drug-likeness (QED) is 0.659. The Kier molecular flexibility index (Phi) is 4.10. The van der Waals surface area contributed by atoms with Crippen LogP contribution in [0.25, 0.3) is 0 Å². The van der Waals surface area contributed by atoms with Crippen LogP contribution in [-0.2, 0) is 9.53 Å². The number of hydrogen-bond donors (Lipinski definition) is 1. The molecule has 2 atom stereocenters. The molecule has 0 aromatic rings. The molecule has 4 heteroatoms. The second kappa shape index (κ2) is 5.12. The van der Waals surface area contributed by atoms with Crippen molar-refractivity contribution >= 4 is 5.91 Å². The summed E-state index contributed by atoms with van der Waals surface area (Å²) in [5.41, 5.74) is 0. The molecule has 80 valence electrons. The van der Waals surface area contributed by atoms with E-state index >= 15 is 0 Å². The molecule has 0 spiro atoms. The van der Waals surface area contributed by atoms with Crippen LogP contribution in [-0.4, -0.2) is 47.8 Å². The monoisotopic (exact) mass is 199 g/mol. The number of aliphatic hydroxyl groups excluding tert-OH is 1. The van der Waals surface area contributed by atoms with E-state index in [-0.39, 0.29) is 11.9 Å². The molecule has 0 aromatic heterocycles. The molecule has 1 amide bonds. The van der Waals surface area contributed by atoms with Crippen molar-refractivity contribution in [1.29, 1.82) is 0 Å². The topological polar surface area (TPSA) is 49.8 Å². The number of rotatable bonds is 3. The Bertz CT molecular complexity index is 215. The minimum atomic E-state index is -0.415. The van der Waals surface area contributed by atoms with E-state index in [1.165, 1.54) is 6.08 Å². The van der Waals surface area contributed by atoms with Crippen LogP contribution in [0.3, 0.4) is 0 Å². The lowest BCUT2D eigenvalue weighted by molar-refractivity contribution is -0.135. The lowest BCUT2D eigenvalue weighted by Gasteiger charge is -2.35. The lowest BCUT2D eigenvalue weighted by atomic mass is 10.1. The molecular formula is C10H17NO3. The van der Waals surface area contributed by atoms with E-state index in [9.17, 15) is 9.90 Å². The number of carbonyl (C=O) groups is 1. The van der Waals surface area contributed by atoms with Crippen LogP contribution in [0.4, 0.5) is 0 Å². The number of amides is 1. The van der Waals surface area contributed by atoms with Gasteiger partial charge in [-0.05, 0) is 19.4 Å². The summed E-state index contributed by atoms with van der Waals surface area (Å²) in [6, 6.07) is -0.0192. The number of aliphatic hydroxyl groups is 1. The van der Waals surface area contributed by atoms with Crippen LogP contribution in [0.2, 0.25) is 0 Å². The average Bonchev–Trinajstić information content (AvgIpc) is 2.16. The van der Waals surface area contributed by atoms with Gasteiger partial charge in [-0.2, -0.15) is 0 Å². The SMILES string of the molecule is C=CC(=O)N1CCOCC1CC(C)O. The van der Waals surface area contributed by atoms with Gasteiger partial charge in [0.05, 0.1) is 25.4 Å². The van der Waals surface area contributed by atoms with Crippen LogP contribution >= 0.6 is 0 Å². The summed E-state index contributed by atoms with van der Waals surface area (Å²) in [5.74, 6) is -0.0843. The average molecular weight is 199 g/mol. The molecule has 1 N–H and O–H groups in total. The first-order valence-electron chi connectivity index (χ1n) is 4.84. The van der Waals surface area contributed by atoms with Crippen molar-refractivity contribution in [3.63, 3.8) is 0 Å². The molecule has 0 aliphatic carbocycles. The Morgan fingerprint density at radius 2 is 2.57 bits per heavy atom. The highest BCUT2D eigenvalue weighted by Crippen LogP contribution is 2.12. The van der Waals surface area contributed by atoms with Gasteiger partial charge >= 0.3 is 0 Å². The van der Waals surface area contributed by atoms with Gasteiger partial charge in [-0.15, -0.1) is 0 Å². The maximum absolute atomic E-state index is 11.4. The van der Waals surface area contributed by atoms with Crippen molar-refractivity contribution < 1.29 is 14.6 Å². The van der Waals surface area contributed by atoms with Crippen molar-refractivity contribution in [1.82, 2.24) is 4.90 Å². The van der Waals surface area contributed by atoms with Gasteiger partial charge in [-0.3, -0.25) is 4.79 Å². The maximum atomic E-state index is 11.4. The zero-order chi connectivity index (χ0) is 10.6. The van der Waals surface area contributed by atoms with E-state index in [1.54, 1.807) is 11.8 Å². The van der Waals surface area contributed by atoms with E-state index in [0.717, 1.165) is 0 Å². The molecule has 0 bridgehead atoms. The van der Waals surface area contributed by atoms with E-state index in [0.29, 0.717) is 26.2 Å². The van der Waals surface area contributed by atoms with Crippen molar-refractivity contribution in [3.8, 4) is 0 Å². The zero-order valence-electron chi connectivity index (χ0n) is 8.48. The summed E-state index contributed by atoms with van der Waals surface area (Å²) >= 11 is 0. The van der Waals surface area contributed by atoms with Gasteiger partial charge in [0.1, 0.15) is 0 Å². The van der Waals surface area contributed by atoms with Gasteiger partial charge in [0.15, 0.2) is 0 Å². The predicted molar refractivity (Wildman–Crippen MR) is 52.8 cm³/mol. The summed E-state index contributed by atoms with van der Waals surface area (Å²) < 4.78 is 5.27. The fourth-order valence-corrected chi connectivity index (χ4v) is 1.65. The number of nitrogens with zero attached hydrogens (tertiary/aromatic N) is 1. The molecule has 0 radical (unpaired) electrons. The molecule has 14 heavy (non-hydrogen) atoms. The first-order chi connectivity index (χ1) is 6.65. The van der Waals surface area contributed by atoms with Crippen molar-refractivity contribution in [2.45, 2.75) is 25.5 Å². The van der Waals surface area contributed by atoms with Crippen LogP contribution in [0, 0.1) is 0 Å². The number of ether oxygens (including phenoxy) is 1. The molecule has 0 saturated carbocycles. The molecule has 4 nitrogen and oxygen atoms in total. The standard InChI is InChI=1S/C10H17NO3/c1-3-10(13)11-4-5-14-7-9(11)6-8(2)12/h3,8-9,12H,1,4-7H2,2H3. The molecule has 1 heterocycles. The molecular weight excluding hydrogens is 182 g/mol. The Morgan fingerprint density at radius 3 is 3.14 bits per heavy atom. The van der Waals surface area contributed by atoms with Crippen molar-refractivity contribution in [3.05, 3.63) is 12.7 Å². The minimum Gasteiger partial charge on any atom is -0.393 e. The molecule has 2 unspecified atom stereocenters. The predicted octanol–water partition coefficient (Wildman–Crippen LogP) is 0.171. The Balaban J connectivity index is 2.58. The molecule has 1 saturated heterocycles. The number of carbonyl (C=O) groups excluding carboxylic acids is 1. The van der Waals surface area contributed by atoms with Crippen LogP contribution in [0.1, 0.15) is 13.3 Å². The number of morpholine rings is 1. The van der Waals surface area contributed by atoms with Crippen molar-refractivity contribution in [2.24, 2.45) is 0 Å². The zero-order valence-corrected chi connectivity index (χ0v) is 8.48. The lowest BCUT2D eigenvalue weighted by Crippen LogP contribution is -2.49. The Hall–Kier alpha value is -0.870. The fourth-order valence-electron chi connectivity index (χ4n) is 1.65. The van der Waals surface area contributed by atoms with E-state index < -0.39 is 6.10 Å². The highest BCUT2D eigenvalue weighted by molar-refractivity contribution is 5.87. The largest absolute Gasteiger partial charge is 0.393 e. The van der Waals surface area contributed by atoms with Crippen LogP contribution in [0.15, 0.2) is 12.7 Å². The first kappa shape index (κ1) is 11.2. The van der Waals surface area contributed by atoms with E-state index in [1.807, 2.05) is 0 Å². The third-order valence-corrected chi connectivity index (χ3v) is 2.30. The summed E-state index contributed by atoms with van der Waals surface area (Å²) in [5, 5.41) is 9.26. The third-order valence-electron chi connectivity index (χ3n) is 2.30. The van der Waals surface area contributed by atoms with Crippen molar-refractivity contribution in [2.75, 3.05) is 19.8 Å². The highest BCUT2D eigenvalue weighted by Gasteiger charge is 2.26. The second-order valence-electron chi connectivity index (χ2n) is 3.55. The molecule has 1 fully saturated rings. The summed E-state index contributed by atoms with van der Waals surface area (Å²) in [6.07, 6.45) is 1.45. The Morgan fingerprint density at radius 1 is 1.86 bits per heavy atom. The van der Waals surface area contributed by atoms with E-state index in [2.05, 4.69) is 6.58 Å². The molecule has 0 aromatic carbocycles. The smallest absolute Gasteiger partial charge is 0.246 e. The summed E-state index contributed by atoms with van der Waals surface area (Å²) in [7, 11) is 0. The van der Waals surface area contributed by atoms with Gasteiger partial charge in [-0.1, -0.05) is 6.58 Å². The fraction of sp³-hybridized carbons (Fsp3) is 0.700. The van der Waals surface area contributed by atoms with Gasteiger partial charge < -0.3 is 14.7 Å². The van der Waals surface area contributed by atoms with Crippen LogP contribution < -0.4 is 0 Å². The maximum Gasteiger partial charge on any atom is 0.246 e. The Labute approximate surface area is 84.2 Å². The van der Waals surface area contributed by atoms with Gasteiger partial charge in [0.2, 0.25) is 5.91 Å². The minimum absolute atomic E-state index is 0.0192. The van der Waals surface area contributed by atoms with Gasteiger partial charge in [0, 0.05) is 6.54 Å². The molecule has 1 aliphatic heterocycles. The van der Waals surface area contributed by atoms with Gasteiger partial charge in [0.25, 0.3) is 0 Å². The summed E-state index contributed by atoms with van der Waals surface area (Å²) in [6.45, 7) is 6.82. The first-order valence-corrected chi connectivity index (χ1v) is 4.84. The molecule has 1 aliphatic rings. The van der Waals surface area contributed by atoms with E-state index in [4.69, 9.17) is 4.74 Å². The van der Waals surface area contributed by atoms with Crippen LogP contribution in [0.5, 0.6) is 0 Å². The number of hydrogen-bond acceptors (Lipinski definition) is 3. The second-order valence-corrected chi connectivity index (χ2v) is 3.55. The third kappa shape index (κ3) is 2.82. The highest BCUT2D eigenvalue weighted by atomic mass is 16.5. The summed E-state index contributed by atoms with van der Waals surface area (Å²) in [4.78, 5) is 13.1. The molecule has 1 rings (SSSR count). The van der Waals surface area contributed by atoms with Gasteiger partial charge in [-0.25, -0.2) is 0 Å².